The van der Waals surface area contributed by atoms with Gasteiger partial charge in [-0.1, -0.05) is 0 Å². The molecule has 0 aliphatic rings. The van der Waals surface area contributed by atoms with E-state index in [1.165, 1.54) is 25.3 Å². The summed E-state index contributed by atoms with van der Waals surface area (Å²) in [4.78, 5) is 11.2. The van der Waals surface area contributed by atoms with Gasteiger partial charge in [-0.3, -0.25) is 0 Å². The number of methoxy groups -OCH3 is 1. The van der Waals surface area contributed by atoms with E-state index in [2.05, 4.69) is 21.3 Å². The average molecular weight is 296 g/mol. The molecule has 7 heteroatoms. The van der Waals surface area contributed by atoms with Crippen LogP contribution in [0.4, 0.5) is 5.69 Å². The lowest BCUT2D eigenvalue weighted by atomic mass is 10.2. The summed E-state index contributed by atoms with van der Waals surface area (Å²) in [5.74, 6) is 4.84. The van der Waals surface area contributed by atoms with E-state index in [4.69, 9.17) is 5.73 Å². The number of ether oxygens (including phenoxy) is 1. The lowest BCUT2D eigenvalue weighted by Gasteiger charge is -2.09. The SMILES string of the molecule is CC#CCCNS(=O)(=O)c1ccc(C(=O)OC)cc1N. The van der Waals surface area contributed by atoms with Gasteiger partial charge in [0.05, 0.1) is 18.4 Å². The van der Waals surface area contributed by atoms with E-state index in [0.717, 1.165) is 0 Å². The number of nitrogens with one attached hydrogen (secondary N) is 1. The second-order valence-electron chi connectivity index (χ2n) is 3.82. The normalized spacial score (nSPS) is 10.5. The van der Waals surface area contributed by atoms with E-state index in [1.54, 1.807) is 6.92 Å². The number of esters is 1. The highest BCUT2D eigenvalue weighted by atomic mass is 32.2. The lowest BCUT2D eigenvalue weighted by molar-refractivity contribution is 0.0600. The molecule has 0 saturated carbocycles. The first-order valence-corrected chi connectivity index (χ1v) is 7.28. The number of anilines is 1. The van der Waals surface area contributed by atoms with Crippen LogP contribution in [0.5, 0.6) is 0 Å². The Bertz CT molecular complexity index is 657. The number of hydrogen-bond acceptors (Lipinski definition) is 5. The van der Waals surface area contributed by atoms with E-state index in [9.17, 15) is 13.2 Å². The molecule has 1 rings (SSSR count). The second kappa shape index (κ2) is 6.93. The van der Waals surface area contributed by atoms with Gasteiger partial charge in [-0.15, -0.1) is 11.8 Å². The maximum atomic E-state index is 12.0. The standard InChI is InChI=1S/C13H16N2O4S/c1-3-4-5-8-15-20(17,18)12-7-6-10(9-11(12)14)13(16)19-2/h6-7,9,15H,5,8,14H2,1-2H3. The zero-order chi connectivity index (χ0) is 15.2. The van der Waals surface area contributed by atoms with Crippen LogP contribution in [0.1, 0.15) is 23.7 Å². The summed E-state index contributed by atoms with van der Waals surface area (Å²) in [7, 11) is -2.48. The third kappa shape index (κ3) is 3.98. The molecule has 0 spiro atoms. The molecule has 0 atom stereocenters. The smallest absolute Gasteiger partial charge is 0.337 e. The van der Waals surface area contributed by atoms with Gasteiger partial charge in [0.25, 0.3) is 0 Å². The number of hydrogen-bond donors (Lipinski definition) is 2. The van der Waals surface area contributed by atoms with Crippen molar-refractivity contribution in [3.8, 4) is 11.8 Å². The molecule has 0 fully saturated rings. The first kappa shape index (κ1) is 16.0. The Morgan fingerprint density at radius 3 is 2.70 bits per heavy atom. The van der Waals surface area contributed by atoms with Gasteiger partial charge < -0.3 is 10.5 Å². The van der Waals surface area contributed by atoms with Crippen molar-refractivity contribution in [2.24, 2.45) is 0 Å². The Hall–Kier alpha value is -2.04. The Kier molecular flexibility index (Phi) is 5.55. The Labute approximate surface area is 118 Å². The van der Waals surface area contributed by atoms with Gasteiger partial charge in [0, 0.05) is 13.0 Å². The summed E-state index contributed by atoms with van der Waals surface area (Å²) in [5.41, 5.74) is 5.86. The summed E-state index contributed by atoms with van der Waals surface area (Å²) in [5, 5.41) is 0. The summed E-state index contributed by atoms with van der Waals surface area (Å²) in [6, 6.07) is 3.89. The number of nitrogen functional groups attached to an aromatic ring is 1. The molecule has 20 heavy (non-hydrogen) atoms. The average Bonchev–Trinajstić information content (AvgIpc) is 2.42. The van der Waals surface area contributed by atoms with Crippen molar-refractivity contribution in [1.82, 2.24) is 4.72 Å². The van der Waals surface area contributed by atoms with Gasteiger partial charge in [0.15, 0.2) is 0 Å². The zero-order valence-electron chi connectivity index (χ0n) is 11.3. The second-order valence-corrected chi connectivity index (χ2v) is 5.55. The summed E-state index contributed by atoms with van der Waals surface area (Å²) in [6.45, 7) is 1.87. The molecule has 0 radical (unpaired) electrons. The molecule has 0 bridgehead atoms. The molecule has 1 aromatic rings. The first-order chi connectivity index (χ1) is 9.42. The summed E-state index contributed by atoms with van der Waals surface area (Å²) in [6.07, 6.45) is 0.413. The molecule has 3 N–H and O–H groups in total. The predicted octanol–water partition coefficient (Wildman–Crippen LogP) is 0.747. The number of nitrogens with two attached hydrogens (primary N) is 1. The van der Waals surface area contributed by atoms with Gasteiger partial charge in [-0.25, -0.2) is 17.9 Å². The molecule has 0 heterocycles. The van der Waals surface area contributed by atoms with Crippen molar-refractivity contribution in [1.29, 1.82) is 0 Å². The fraction of sp³-hybridized carbons (Fsp3) is 0.308. The van der Waals surface area contributed by atoms with Crippen LogP contribution in [0.3, 0.4) is 0 Å². The third-order valence-corrected chi connectivity index (χ3v) is 3.97. The molecular formula is C13H16N2O4S. The van der Waals surface area contributed by atoms with Crippen LogP contribution in [0.2, 0.25) is 0 Å². The topological polar surface area (TPSA) is 98.5 Å². The minimum atomic E-state index is -3.72. The molecule has 6 nitrogen and oxygen atoms in total. The number of carbonyl (C=O) groups is 1. The molecule has 0 aromatic heterocycles. The highest BCUT2D eigenvalue weighted by molar-refractivity contribution is 7.89. The van der Waals surface area contributed by atoms with Gasteiger partial charge in [0.1, 0.15) is 4.90 Å². The van der Waals surface area contributed by atoms with E-state index in [1.807, 2.05) is 0 Å². The third-order valence-electron chi connectivity index (χ3n) is 2.44. The van der Waals surface area contributed by atoms with Crippen LogP contribution in [0.15, 0.2) is 23.1 Å². The van der Waals surface area contributed by atoms with Crippen LogP contribution >= 0.6 is 0 Å². The fourth-order valence-corrected chi connectivity index (χ4v) is 2.63. The molecule has 1 aromatic carbocycles. The largest absolute Gasteiger partial charge is 0.465 e. The minimum absolute atomic E-state index is 0.0121. The Morgan fingerprint density at radius 2 is 2.15 bits per heavy atom. The highest BCUT2D eigenvalue weighted by Gasteiger charge is 2.18. The van der Waals surface area contributed by atoms with Gasteiger partial charge in [-0.2, -0.15) is 0 Å². The number of rotatable bonds is 5. The first-order valence-electron chi connectivity index (χ1n) is 5.79. The van der Waals surface area contributed by atoms with Gasteiger partial charge in [0.2, 0.25) is 10.0 Å². The number of benzene rings is 1. The molecule has 0 saturated heterocycles. The van der Waals surface area contributed by atoms with Crippen molar-refractivity contribution < 1.29 is 17.9 Å². The van der Waals surface area contributed by atoms with Crippen LogP contribution in [0, 0.1) is 11.8 Å². The zero-order valence-corrected chi connectivity index (χ0v) is 12.1. The summed E-state index contributed by atoms with van der Waals surface area (Å²) < 4.78 is 30.9. The fourth-order valence-electron chi connectivity index (χ4n) is 1.49. The van der Waals surface area contributed by atoms with Crippen molar-refractivity contribution in [2.75, 3.05) is 19.4 Å². The van der Waals surface area contributed by atoms with E-state index in [0.29, 0.717) is 6.42 Å². The lowest BCUT2D eigenvalue weighted by Crippen LogP contribution is -2.25. The predicted molar refractivity (Wildman–Crippen MR) is 75.4 cm³/mol. The van der Waals surface area contributed by atoms with Crippen molar-refractivity contribution >= 4 is 21.7 Å². The molecular weight excluding hydrogens is 280 g/mol. The molecule has 0 amide bonds. The van der Waals surface area contributed by atoms with Gasteiger partial charge in [-0.05, 0) is 25.1 Å². The number of sulfonamides is 1. The quantitative estimate of drug-likeness (QED) is 0.361. The van der Waals surface area contributed by atoms with Crippen LogP contribution in [-0.2, 0) is 14.8 Å². The molecule has 0 unspecified atom stereocenters. The molecule has 0 aliphatic carbocycles. The number of carbonyl (C=O) groups excluding carboxylic acids is 1. The Morgan fingerprint density at radius 1 is 1.45 bits per heavy atom. The highest BCUT2D eigenvalue weighted by Crippen LogP contribution is 2.20. The van der Waals surface area contributed by atoms with E-state index in [-0.39, 0.29) is 22.7 Å². The van der Waals surface area contributed by atoms with Crippen molar-refractivity contribution in [3.63, 3.8) is 0 Å². The molecule has 108 valence electrons. The van der Waals surface area contributed by atoms with Crippen molar-refractivity contribution in [3.05, 3.63) is 23.8 Å². The van der Waals surface area contributed by atoms with Crippen LogP contribution in [-0.4, -0.2) is 28.0 Å². The van der Waals surface area contributed by atoms with E-state index >= 15 is 0 Å². The monoisotopic (exact) mass is 296 g/mol. The van der Waals surface area contributed by atoms with Gasteiger partial charge >= 0.3 is 5.97 Å². The molecule has 0 aliphatic heterocycles. The van der Waals surface area contributed by atoms with Crippen LogP contribution < -0.4 is 10.5 Å². The Balaban J connectivity index is 2.95. The minimum Gasteiger partial charge on any atom is -0.465 e. The maximum absolute atomic E-state index is 12.0. The summed E-state index contributed by atoms with van der Waals surface area (Å²) >= 11 is 0. The van der Waals surface area contributed by atoms with Crippen molar-refractivity contribution in [2.45, 2.75) is 18.2 Å². The van der Waals surface area contributed by atoms with Crippen LogP contribution in [0.25, 0.3) is 0 Å². The van der Waals surface area contributed by atoms with E-state index < -0.39 is 16.0 Å². The maximum Gasteiger partial charge on any atom is 0.337 e.